The fraction of sp³-hybridized carbons (Fsp3) is 0.471. The Morgan fingerprint density at radius 3 is 3.04 bits per heavy atom. The average Bonchev–Trinajstić information content (AvgIpc) is 3.13. The summed E-state index contributed by atoms with van der Waals surface area (Å²) in [5, 5.41) is 13.9. The average molecular weight is 446 g/mol. The Hall–Kier alpha value is -1.35. The van der Waals surface area contributed by atoms with Crippen LogP contribution in [0.3, 0.4) is 0 Å². The second-order valence-electron chi connectivity index (χ2n) is 5.88. The van der Waals surface area contributed by atoms with Crippen molar-refractivity contribution in [1.82, 2.24) is 15.2 Å². The molecule has 2 aromatic rings. The summed E-state index contributed by atoms with van der Waals surface area (Å²) in [4.78, 5) is 9.90. The molecule has 1 atom stereocenters. The molecule has 2 heterocycles. The lowest BCUT2D eigenvalue weighted by molar-refractivity contribution is 0.188. The topological polar surface area (TPSA) is 63.7 Å². The summed E-state index contributed by atoms with van der Waals surface area (Å²) in [5.41, 5.74) is 2.01. The zero-order valence-corrected chi connectivity index (χ0v) is 16.1. The maximum atomic E-state index is 13.4. The summed E-state index contributed by atoms with van der Waals surface area (Å²) < 4.78 is 13.4. The lowest BCUT2D eigenvalue weighted by Gasteiger charge is -2.20. The Kier molecular flexibility index (Phi) is 6.85. The van der Waals surface area contributed by atoms with Gasteiger partial charge in [-0.15, -0.1) is 24.0 Å². The fourth-order valence-electron chi connectivity index (χ4n) is 3.00. The van der Waals surface area contributed by atoms with Gasteiger partial charge in [0.1, 0.15) is 5.82 Å². The molecule has 1 saturated heterocycles. The molecule has 5 nitrogen and oxygen atoms in total. The van der Waals surface area contributed by atoms with Crippen molar-refractivity contribution < 1.29 is 9.50 Å². The molecule has 0 bridgehead atoms. The van der Waals surface area contributed by atoms with Gasteiger partial charge < -0.3 is 20.3 Å². The third kappa shape index (κ3) is 4.38. The van der Waals surface area contributed by atoms with E-state index < -0.39 is 0 Å². The van der Waals surface area contributed by atoms with Crippen LogP contribution in [0.1, 0.15) is 18.9 Å². The van der Waals surface area contributed by atoms with Crippen LogP contribution < -0.4 is 5.32 Å². The van der Waals surface area contributed by atoms with Crippen molar-refractivity contribution in [1.29, 1.82) is 0 Å². The smallest absolute Gasteiger partial charge is 0.194 e. The summed E-state index contributed by atoms with van der Waals surface area (Å²) in [6, 6.07) is 4.78. The highest BCUT2D eigenvalue weighted by Gasteiger charge is 2.22. The molecular formula is C17H24FIN4O. The number of likely N-dealkylation sites (tertiary alicyclic amines) is 1. The number of aromatic nitrogens is 1. The first kappa shape index (κ1) is 19.0. The number of β-amino-alcohol motifs (C(OH)–C–C–N with tert-alkyl or cyclic N) is 1. The number of guanidine groups is 1. The molecule has 1 aromatic carbocycles. The number of aromatic amines is 1. The Bertz CT molecular complexity index is 703. The number of rotatable bonds is 4. The van der Waals surface area contributed by atoms with Crippen LogP contribution in [-0.4, -0.2) is 53.2 Å². The van der Waals surface area contributed by atoms with E-state index in [4.69, 9.17) is 0 Å². The minimum Gasteiger partial charge on any atom is -0.391 e. The monoisotopic (exact) mass is 446 g/mol. The zero-order valence-electron chi connectivity index (χ0n) is 13.8. The molecule has 3 rings (SSSR count). The van der Waals surface area contributed by atoms with E-state index in [0.717, 1.165) is 48.4 Å². The summed E-state index contributed by atoms with van der Waals surface area (Å²) in [5.74, 6) is 0.622. The van der Waals surface area contributed by atoms with Gasteiger partial charge in [-0.2, -0.15) is 0 Å². The lowest BCUT2D eigenvalue weighted by Crippen LogP contribution is -2.40. The summed E-state index contributed by atoms with van der Waals surface area (Å²) in [7, 11) is 0. The van der Waals surface area contributed by atoms with Gasteiger partial charge in [-0.1, -0.05) is 0 Å². The van der Waals surface area contributed by atoms with Crippen LogP contribution in [0.4, 0.5) is 4.39 Å². The van der Waals surface area contributed by atoms with E-state index in [1.807, 2.05) is 13.1 Å². The molecule has 0 saturated carbocycles. The largest absolute Gasteiger partial charge is 0.391 e. The van der Waals surface area contributed by atoms with Gasteiger partial charge >= 0.3 is 0 Å². The first-order chi connectivity index (χ1) is 11.2. The molecule has 3 N–H and O–H groups in total. The Morgan fingerprint density at radius 2 is 2.33 bits per heavy atom. The molecule has 0 unspecified atom stereocenters. The van der Waals surface area contributed by atoms with E-state index in [1.54, 1.807) is 12.1 Å². The van der Waals surface area contributed by atoms with Gasteiger partial charge in [0.05, 0.1) is 6.10 Å². The summed E-state index contributed by atoms with van der Waals surface area (Å²) in [6.07, 6.45) is 3.18. The molecular weight excluding hydrogens is 422 g/mol. The third-order valence-electron chi connectivity index (χ3n) is 4.17. The maximum Gasteiger partial charge on any atom is 0.194 e. The molecule has 0 amide bonds. The Labute approximate surface area is 158 Å². The summed E-state index contributed by atoms with van der Waals surface area (Å²) in [6.45, 7) is 4.90. The number of fused-ring (bicyclic) bond motifs is 1. The van der Waals surface area contributed by atoms with Crippen molar-refractivity contribution in [2.24, 2.45) is 4.99 Å². The van der Waals surface area contributed by atoms with Gasteiger partial charge in [-0.05, 0) is 43.5 Å². The van der Waals surface area contributed by atoms with Gasteiger partial charge in [0.25, 0.3) is 0 Å². The Morgan fingerprint density at radius 1 is 1.50 bits per heavy atom. The van der Waals surface area contributed by atoms with Crippen LogP contribution in [0.2, 0.25) is 0 Å². The number of aliphatic hydroxyl groups excluding tert-OH is 1. The summed E-state index contributed by atoms with van der Waals surface area (Å²) >= 11 is 0. The highest BCUT2D eigenvalue weighted by atomic mass is 127. The normalized spacial score (nSPS) is 18.0. The molecule has 1 aromatic heterocycles. The number of nitrogens with zero attached hydrogens (tertiary/aromatic N) is 2. The predicted octanol–water partition coefficient (Wildman–Crippen LogP) is 2.50. The highest BCUT2D eigenvalue weighted by Crippen LogP contribution is 2.20. The third-order valence-corrected chi connectivity index (χ3v) is 4.17. The minimum atomic E-state index is -0.268. The molecule has 1 aliphatic heterocycles. The van der Waals surface area contributed by atoms with E-state index in [2.05, 4.69) is 20.2 Å². The van der Waals surface area contributed by atoms with E-state index in [9.17, 15) is 9.50 Å². The predicted molar refractivity (Wildman–Crippen MR) is 106 cm³/mol. The number of nitrogens with one attached hydrogen (secondary N) is 2. The van der Waals surface area contributed by atoms with Crippen LogP contribution in [-0.2, 0) is 6.42 Å². The molecule has 1 fully saturated rings. The van der Waals surface area contributed by atoms with E-state index in [-0.39, 0.29) is 35.9 Å². The number of benzene rings is 1. The lowest BCUT2D eigenvalue weighted by atomic mass is 10.1. The minimum absolute atomic E-state index is 0. The van der Waals surface area contributed by atoms with Gasteiger partial charge in [0.15, 0.2) is 5.96 Å². The van der Waals surface area contributed by atoms with E-state index in [1.165, 1.54) is 6.07 Å². The second-order valence-corrected chi connectivity index (χ2v) is 5.88. The Balaban J connectivity index is 0.00000208. The number of halogens is 2. The SMILES string of the molecule is CCNC(=NCCc1c[nH]c2ccc(F)cc12)N1CC[C@@H](O)C1.I. The first-order valence-electron chi connectivity index (χ1n) is 8.14. The molecule has 132 valence electrons. The zero-order chi connectivity index (χ0) is 16.2. The fourth-order valence-corrected chi connectivity index (χ4v) is 3.00. The van der Waals surface area contributed by atoms with Crippen LogP contribution >= 0.6 is 24.0 Å². The second kappa shape index (κ2) is 8.66. The van der Waals surface area contributed by atoms with Crippen LogP contribution in [0.15, 0.2) is 29.4 Å². The van der Waals surface area contributed by atoms with E-state index >= 15 is 0 Å². The van der Waals surface area contributed by atoms with Gasteiger partial charge in [-0.25, -0.2) is 4.39 Å². The van der Waals surface area contributed by atoms with Crippen molar-refractivity contribution >= 4 is 40.8 Å². The van der Waals surface area contributed by atoms with Crippen molar-refractivity contribution in [2.45, 2.75) is 25.9 Å². The number of aliphatic imine (C=N–C) groups is 1. The quantitative estimate of drug-likeness (QED) is 0.384. The van der Waals surface area contributed by atoms with Gasteiger partial charge in [0, 0.05) is 43.3 Å². The van der Waals surface area contributed by atoms with Crippen molar-refractivity contribution in [2.75, 3.05) is 26.2 Å². The van der Waals surface area contributed by atoms with Gasteiger partial charge in [-0.3, -0.25) is 4.99 Å². The molecule has 24 heavy (non-hydrogen) atoms. The molecule has 7 heteroatoms. The number of aliphatic hydroxyl groups is 1. The van der Waals surface area contributed by atoms with Gasteiger partial charge in [0.2, 0.25) is 0 Å². The van der Waals surface area contributed by atoms with Crippen LogP contribution in [0.25, 0.3) is 10.9 Å². The molecule has 0 aliphatic carbocycles. The van der Waals surface area contributed by atoms with Crippen LogP contribution in [0.5, 0.6) is 0 Å². The van der Waals surface area contributed by atoms with Crippen molar-refractivity contribution in [3.8, 4) is 0 Å². The number of hydrogen-bond acceptors (Lipinski definition) is 2. The number of hydrogen-bond donors (Lipinski definition) is 3. The standard InChI is InChI=1S/C17H23FN4O.HI/c1-2-19-17(22-8-6-14(23)11-22)20-7-5-12-10-21-16-4-3-13(18)9-15(12)16;/h3-4,9-10,14,21,23H,2,5-8,11H2,1H3,(H,19,20);1H/t14-;/m1./s1. The number of H-pyrrole nitrogens is 1. The van der Waals surface area contributed by atoms with Crippen molar-refractivity contribution in [3.63, 3.8) is 0 Å². The highest BCUT2D eigenvalue weighted by molar-refractivity contribution is 14.0. The van der Waals surface area contributed by atoms with Crippen molar-refractivity contribution in [3.05, 3.63) is 35.8 Å². The first-order valence-corrected chi connectivity index (χ1v) is 8.14. The molecule has 0 spiro atoms. The molecule has 0 radical (unpaired) electrons. The maximum absolute atomic E-state index is 13.4. The molecule has 1 aliphatic rings. The van der Waals surface area contributed by atoms with Crippen LogP contribution in [0, 0.1) is 5.82 Å². The van der Waals surface area contributed by atoms with E-state index in [0.29, 0.717) is 13.1 Å².